The van der Waals surface area contributed by atoms with Gasteiger partial charge in [-0.3, -0.25) is 0 Å². The van der Waals surface area contributed by atoms with Crippen LogP contribution in [0.5, 0.6) is 0 Å². The van der Waals surface area contributed by atoms with Gasteiger partial charge in [0.15, 0.2) is 6.29 Å². The standard InChI is InChI=1S/C14H22O2/c1-2-3-11(15)16-14-6-9-4-13(8-14)5-10(7-14)12(9)13/h9-12,15H,2-8H2,1H3. The number of aliphatic hydroxyl groups is 1. The van der Waals surface area contributed by atoms with Crippen LogP contribution >= 0.6 is 0 Å². The van der Waals surface area contributed by atoms with E-state index in [0.717, 1.165) is 30.6 Å². The van der Waals surface area contributed by atoms with Crippen molar-refractivity contribution in [2.75, 3.05) is 0 Å². The predicted octanol–water partition coefficient (Wildman–Crippen LogP) is 2.70. The van der Waals surface area contributed by atoms with Crippen molar-refractivity contribution < 1.29 is 9.84 Å². The van der Waals surface area contributed by atoms with Gasteiger partial charge in [0.05, 0.1) is 5.60 Å². The van der Waals surface area contributed by atoms with E-state index in [1.165, 1.54) is 32.1 Å². The fourth-order valence-corrected chi connectivity index (χ4v) is 5.94. The minimum atomic E-state index is -0.505. The number of hydrogen-bond donors (Lipinski definition) is 1. The van der Waals surface area contributed by atoms with Crippen LogP contribution in [-0.4, -0.2) is 17.0 Å². The van der Waals surface area contributed by atoms with E-state index in [4.69, 9.17) is 4.74 Å². The lowest BCUT2D eigenvalue weighted by molar-refractivity contribution is -0.358. The highest BCUT2D eigenvalue weighted by Gasteiger charge is 2.75. The van der Waals surface area contributed by atoms with E-state index in [1.807, 2.05) is 0 Å². The molecule has 0 radical (unpaired) electrons. The Bertz CT molecular complexity index is 309. The predicted molar refractivity (Wildman–Crippen MR) is 60.7 cm³/mol. The van der Waals surface area contributed by atoms with Gasteiger partial charge in [0.2, 0.25) is 0 Å². The van der Waals surface area contributed by atoms with Crippen LogP contribution in [0.2, 0.25) is 0 Å². The van der Waals surface area contributed by atoms with Crippen molar-refractivity contribution in [3.8, 4) is 0 Å². The van der Waals surface area contributed by atoms with Gasteiger partial charge in [0, 0.05) is 0 Å². The zero-order valence-corrected chi connectivity index (χ0v) is 10.1. The van der Waals surface area contributed by atoms with Crippen LogP contribution in [0.1, 0.15) is 51.9 Å². The van der Waals surface area contributed by atoms with E-state index >= 15 is 0 Å². The fourth-order valence-electron chi connectivity index (χ4n) is 5.94. The lowest BCUT2D eigenvalue weighted by Gasteiger charge is -2.79. The molecule has 90 valence electrons. The molecule has 2 heteroatoms. The molecule has 0 aromatic carbocycles. The summed E-state index contributed by atoms with van der Waals surface area (Å²) in [7, 11) is 0. The summed E-state index contributed by atoms with van der Waals surface area (Å²) in [6.45, 7) is 2.11. The SMILES string of the molecule is CCCC(O)OC12CC3CC4(CC(C1)C34)C2. The van der Waals surface area contributed by atoms with Crippen molar-refractivity contribution in [2.24, 2.45) is 23.2 Å². The normalized spacial score (nSPS) is 57.8. The molecule has 0 heterocycles. The summed E-state index contributed by atoms with van der Waals surface area (Å²) in [5.41, 5.74) is 0.785. The highest BCUT2D eigenvalue weighted by atomic mass is 16.6. The van der Waals surface area contributed by atoms with Gasteiger partial charge in [0.1, 0.15) is 0 Å². The minimum Gasteiger partial charge on any atom is -0.368 e. The van der Waals surface area contributed by atoms with Gasteiger partial charge in [-0.1, -0.05) is 13.3 Å². The first-order valence-corrected chi connectivity index (χ1v) is 7.02. The third kappa shape index (κ3) is 1.01. The summed E-state index contributed by atoms with van der Waals surface area (Å²) in [4.78, 5) is 0. The van der Waals surface area contributed by atoms with E-state index in [2.05, 4.69) is 6.92 Å². The molecule has 2 nitrogen and oxygen atoms in total. The Morgan fingerprint density at radius 3 is 2.50 bits per heavy atom. The summed E-state index contributed by atoms with van der Waals surface area (Å²) in [5, 5.41) is 9.89. The van der Waals surface area contributed by atoms with Crippen molar-refractivity contribution in [1.82, 2.24) is 0 Å². The van der Waals surface area contributed by atoms with E-state index in [9.17, 15) is 5.11 Å². The van der Waals surface area contributed by atoms with Crippen LogP contribution in [0, 0.1) is 23.2 Å². The number of hydrogen-bond acceptors (Lipinski definition) is 2. The molecular weight excluding hydrogens is 200 g/mol. The van der Waals surface area contributed by atoms with Crippen molar-refractivity contribution in [1.29, 1.82) is 0 Å². The molecule has 6 aliphatic rings. The molecule has 5 bridgehead atoms. The van der Waals surface area contributed by atoms with Gasteiger partial charge in [-0.15, -0.1) is 0 Å². The van der Waals surface area contributed by atoms with Crippen molar-refractivity contribution >= 4 is 0 Å². The molecular formula is C14H22O2. The van der Waals surface area contributed by atoms with Gasteiger partial charge in [-0.05, 0) is 61.7 Å². The Balaban J connectivity index is 1.52. The van der Waals surface area contributed by atoms with E-state index in [0.29, 0.717) is 5.41 Å². The van der Waals surface area contributed by atoms with Crippen molar-refractivity contribution in [3.63, 3.8) is 0 Å². The van der Waals surface area contributed by atoms with Crippen LogP contribution in [0.4, 0.5) is 0 Å². The molecule has 0 aliphatic heterocycles. The average Bonchev–Trinajstić information content (AvgIpc) is 2.14. The second kappa shape index (κ2) is 2.84. The van der Waals surface area contributed by atoms with Crippen LogP contribution < -0.4 is 0 Å². The molecule has 1 N–H and O–H groups in total. The highest BCUT2D eigenvalue weighted by Crippen LogP contribution is 2.81. The summed E-state index contributed by atoms with van der Waals surface area (Å²) in [6.07, 6.45) is 8.01. The Hall–Kier alpha value is -0.0800. The molecule has 6 fully saturated rings. The van der Waals surface area contributed by atoms with Gasteiger partial charge < -0.3 is 9.84 Å². The zero-order valence-electron chi connectivity index (χ0n) is 10.1. The first-order valence-electron chi connectivity index (χ1n) is 7.02. The lowest BCUT2D eigenvalue weighted by Crippen LogP contribution is -2.75. The molecule has 3 atom stereocenters. The van der Waals surface area contributed by atoms with Gasteiger partial charge >= 0.3 is 0 Å². The Morgan fingerprint density at radius 2 is 1.94 bits per heavy atom. The third-order valence-corrected chi connectivity index (χ3v) is 5.92. The molecule has 6 saturated carbocycles. The minimum absolute atomic E-state index is 0.0924. The van der Waals surface area contributed by atoms with Crippen molar-refractivity contribution in [3.05, 3.63) is 0 Å². The Labute approximate surface area is 97.4 Å². The molecule has 0 saturated heterocycles. The topological polar surface area (TPSA) is 29.5 Å². The van der Waals surface area contributed by atoms with Gasteiger partial charge in [-0.2, -0.15) is 0 Å². The van der Waals surface area contributed by atoms with E-state index < -0.39 is 6.29 Å². The first-order chi connectivity index (χ1) is 7.66. The molecule has 3 unspecified atom stereocenters. The maximum atomic E-state index is 9.89. The first kappa shape index (κ1) is 9.90. The molecule has 0 aromatic heterocycles. The largest absolute Gasteiger partial charge is 0.368 e. The summed E-state index contributed by atoms with van der Waals surface area (Å²) in [5.74, 6) is 2.98. The molecule has 16 heavy (non-hydrogen) atoms. The van der Waals surface area contributed by atoms with E-state index in [1.54, 1.807) is 0 Å². The van der Waals surface area contributed by atoms with Crippen molar-refractivity contribution in [2.45, 2.75) is 63.8 Å². The third-order valence-electron chi connectivity index (χ3n) is 5.92. The monoisotopic (exact) mass is 222 g/mol. The summed E-state index contributed by atoms with van der Waals surface area (Å²) in [6, 6.07) is 0. The van der Waals surface area contributed by atoms with Gasteiger partial charge in [0.25, 0.3) is 0 Å². The maximum Gasteiger partial charge on any atom is 0.155 e. The molecule has 0 aromatic rings. The fraction of sp³-hybridized carbons (Fsp3) is 1.00. The number of aliphatic hydroxyl groups excluding tert-OH is 1. The molecule has 0 amide bonds. The number of ether oxygens (including phenoxy) is 1. The molecule has 6 aliphatic carbocycles. The summed E-state index contributed by atoms with van der Waals surface area (Å²) >= 11 is 0. The smallest absolute Gasteiger partial charge is 0.155 e. The second-order valence-corrected chi connectivity index (χ2v) is 6.95. The van der Waals surface area contributed by atoms with Crippen LogP contribution in [-0.2, 0) is 4.74 Å². The zero-order chi connectivity index (χ0) is 11.0. The second-order valence-electron chi connectivity index (χ2n) is 6.95. The van der Waals surface area contributed by atoms with Crippen LogP contribution in [0.3, 0.4) is 0 Å². The quantitative estimate of drug-likeness (QED) is 0.741. The highest BCUT2D eigenvalue weighted by molar-refractivity contribution is 5.25. The molecule has 6 rings (SSSR count). The van der Waals surface area contributed by atoms with Crippen LogP contribution in [0.15, 0.2) is 0 Å². The Kier molecular flexibility index (Phi) is 1.76. The lowest BCUT2D eigenvalue weighted by atomic mass is 9.27. The van der Waals surface area contributed by atoms with Gasteiger partial charge in [-0.25, -0.2) is 0 Å². The number of rotatable bonds is 4. The van der Waals surface area contributed by atoms with Crippen LogP contribution in [0.25, 0.3) is 0 Å². The molecule has 1 spiro atoms. The summed E-state index contributed by atoms with van der Waals surface area (Å²) < 4.78 is 6.06. The maximum absolute atomic E-state index is 9.89. The average molecular weight is 222 g/mol. The van der Waals surface area contributed by atoms with E-state index in [-0.39, 0.29) is 5.60 Å². The Morgan fingerprint density at radius 1 is 1.25 bits per heavy atom.